The van der Waals surface area contributed by atoms with Gasteiger partial charge in [-0.25, -0.2) is 4.98 Å². The number of pyridine rings is 1. The van der Waals surface area contributed by atoms with Gasteiger partial charge >= 0.3 is 0 Å². The van der Waals surface area contributed by atoms with Crippen molar-refractivity contribution in [3.05, 3.63) is 58.7 Å². The first-order valence-electron chi connectivity index (χ1n) is 6.38. The van der Waals surface area contributed by atoms with E-state index in [1.807, 2.05) is 30.3 Å². The second kappa shape index (κ2) is 6.55. The van der Waals surface area contributed by atoms with Crippen LogP contribution in [0, 0.1) is 0 Å². The minimum Gasteiger partial charge on any atom is -0.384 e. The highest BCUT2D eigenvalue weighted by Gasteiger charge is 2.11. The first kappa shape index (κ1) is 13.8. The Morgan fingerprint density at radius 3 is 2.84 bits per heavy atom. The summed E-state index contributed by atoms with van der Waals surface area (Å²) in [6.45, 7) is 3.00. The van der Waals surface area contributed by atoms with E-state index >= 15 is 0 Å². The van der Waals surface area contributed by atoms with Gasteiger partial charge in [0, 0.05) is 17.3 Å². The van der Waals surface area contributed by atoms with Gasteiger partial charge in [0.1, 0.15) is 5.82 Å². The smallest absolute Gasteiger partial charge is 0.123 e. The van der Waals surface area contributed by atoms with E-state index in [1.165, 1.54) is 11.1 Å². The molecule has 4 heteroatoms. The molecule has 1 heterocycles. The van der Waals surface area contributed by atoms with Gasteiger partial charge in [0.15, 0.2) is 0 Å². The van der Waals surface area contributed by atoms with E-state index in [0.29, 0.717) is 5.82 Å². The lowest BCUT2D eigenvalue weighted by Crippen LogP contribution is -2.23. The lowest BCUT2D eigenvalue weighted by atomic mass is 9.99. The Kier molecular flexibility index (Phi) is 4.77. The van der Waals surface area contributed by atoms with Gasteiger partial charge in [-0.15, -0.1) is 0 Å². The molecule has 3 nitrogen and oxygen atoms in total. The molecule has 0 aliphatic rings. The molecule has 1 unspecified atom stereocenters. The molecule has 0 radical (unpaired) electrons. The van der Waals surface area contributed by atoms with Crippen molar-refractivity contribution < 1.29 is 0 Å². The maximum Gasteiger partial charge on any atom is 0.123 e. The number of nitrogens with zero attached hydrogens (tertiary/aromatic N) is 1. The van der Waals surface area contributed by atoms with Crippen LogP contribution in [0.15, 0.2) is 42.6 Å². The number of nitrogens with one attached hydrogen (secondary N) is 1. The van der Waals surface area contributed by atoms with Crippen LogP contribution in [0.4, 0.5) is 5.82 Å². The number of likely N-dealkylation sites (N-methyl/N-ethyl adjacent to an activating group) is 1. The lowest BCUT2D eigenvalue weighted by molar-refractivity contribution is 0.550. The van der Waals surface area contributed by atoms with Crippen LogP contribution in [0.2, 0.25) is 5.02 Å². The lowest BCUT2D eigenvalue weighted by Gasteiger charge is -2.19. The summed E-state index contributed by atoms with van der Waals surface area (Å²) >= 11 is 6.06. The minimum absolute atomic E-state index is 0.227. The van der Waals surface area contributed by atoms with Gasteiger partial charge in [-0.2, -0.15) is 0 Å². The SMILES string of the molecule is CCNC(Cc1ccnc(N)c1)c1cccc(Cl)c1. The van der Waals surface area contributed by atoms with Crippen molar-refractivity contribution >= 4 is 17.4 Å². The molecule has 0 amide bonds. The van der Waals surface area contributed by atoms with E-state index < -0.39 is 0 Å². The highest BCUT2D eigenvalue weighted by atomic mass is 35.5. The van der Waals surface area contributed by atoms with Gasteiger partial charge in [-0.1, -0.05) is 30.7 Å². The fraction of sp³-hybridized carbons (Fsp3) is 0.267. The normalized spacial score (nSPS) is 12.3. The number of benzene rings is 1. The standard InChI is InChI=1S/C15H18ClN3/c1-2-18-14(12-4-3-5-13(16)10-12)8-11-6-7-19-15(17)9-11/h3-7,9-10,14,18H,2,8H2,1H3,(H2,17,19). The topological polar surface area (TPSA) is 50.9 Å². The van der Waals surface area contributed by atoms with Gasteiger partial charge in [0.25, 0.3) is 0 Å². The quantitative estimate of drug-likeness (QED) is 0.881. The third-order valence-corrected chi connectivity index (χ3v) is 3.22. The summed E-state index contributed by atoms with van der Waals surface area (Å²) in [7, 11) is 0. The molecule has 0 aliphatic carbocycles. The van der Waals surface area contributed by atoms with Gasteiger partial charge in [-0.3, -0.25) is 0 Å². The predicted octanol–water partition coefficient (Wildman–Crippen LogP) is 3.21. The first-order chi connectivity index (χ1) is 9.19. The fourth-order valence-corrected chi connectivity index (χ4v) is 2.33. The Balaban J connectivity index is 2.21. The van der Waals surface area contributed by atoms with Crippen LogP contribution in [0.25, 0.3) is 0 Å². The van der Waals surface area contributed by atoms with E-state index in [9.17, 15) is 0 Å². The monoisotopic (exact) mass is 275 g/mol. The molecule has 0 aliphatic heterocycles. The maximum atomic E-state index is 6.06. The Hall–Kier alpha value is -1.58. The summed E-state index contributed by atoms with van der Waals surface area (Å²) in [4.78, 5) is 4.02. The van der Waals surface area contributed by atoms with Crippen LogP contribution in [-0.4, -0.2) is 11.5 Å². The molecule has 3 N–H and O–H groups in total. The molecule has 19 heavy (non-hydrogen) atoms. The molecule has 0 spiro atoms. The number of nitrogens with two attached hydrogens (primary N) is 1. The summed E-state index contributed by atoms with van der Waals surface area (Å²) in [6, 6.07) is 12.1. The Bertz CT molecular complexity index is 542. The summed E-state index contributed by atoms with van der Waals surface area (Å²) < 4.78 is 0. The van der Waals surface area contributed by atoms with Crippen LogP contribution in [0.1, 0.15) is 24.1 Å². The highest BCUT2D eigenvalue weighted by Crippen LogP contribution is 2.21. The Morgan fingerprint density at radius 2 is 2.16 bits per heavy atom. The molecule has 1 aromatic heterocycles. The van der Waals surface area contributed by atoms with Crippen molar-refractivity contribution in [2.45, 2.75) is 19.4 Å². The van der Waals surface area contributed by atoms with E-state index in [-0.39, 0.29) is 6.04 Å². The summed E-state index contributed by atoms with van der Waals surface area (Å²) in [6.07, 6.45) is 2.60. The summed E-state index contributed by atoms with van der Waals surface area (Å²) in [5, 5.41) is 4.23. The second-order valence-electron chi connectivity index (χ2n) is 4.46. The summed E-state index contributed by atoms with van der Waals surface area (Å²) in [5.41, 5.74) is 8.07. The Labute approximate surface area is 118 Å². The first-order valence-corrected chi connectivity index (χ1v) is 6.76. The van der Waals surface area contributed by atoms with Crippen LogP contribution >= 0.6 is 11.6 Å². The van der Waals surface area contributed by atoms with Crippen molar-refractivity contribution in [1.82, 2.24) is 10.3 Å². The van der Waals surface area contributed by atoms with E-state index in [2.05, 4.69) is 23.3 Å². The van der Waals surface area contributed by atoms with Crippen LogP contribution in [0.5, 0.6) is 0 Å². The average molecular weight is 276 g/mol. The average Bonchev–Trinajstić information content (AvgIpc) is 2.38. The molecule has 0 bridgehead atoms. The number of aromatic nitrogens is 1. The molecule has 0 saturated carbocycles. The number of nitrogen functional groups attached to an aromatic ring is 1. The van der Waals surface area contributed by atoms with E-state index in [4.69, 9.17) is 17.3 Å². The summed E-state index contributed by atoms with van der Waals surface area (Å²) in [5.74, 6) is 0.554. The molecule has 0 saturated heterocycles. The highest BCUT2D eigenvalue weighted by molar-refractivity contribution is 6.30. The zero-order chi connectivity index (χ0) is 13.7. The zero-order valence-corrected chi connectivity index (χ0v) is 11.7. The number of hydrogen-bond donors (Lipinski definition) is 2. The van der Waals surface area contributed by atoms with Crippen LogP contribution in [0.3, 0.4) is 0 Å². The number of halogens is 1. The molecule has 1 atom stereocenters. The molecule has 2 rings (SSSR count). The molecule has 0 fully saturated rings. The van der Waals surface area contributed by atoms with E-state index in [1.54, 1.807) is 6.20 Å². The Morgan fingerprint density at radius 1 is 1.32 bits per heavy atom. The predicted molar refractivity (Wildman–Crippen MR) is 80.2 cm³/mol. The van der Waals surface area contributed by atoms with Crippen molar-refractivity contribution in [3.8, 4) is 0 Å². The molecule has 2 aromatic rings. The maximum absolute atomic E-state index is 6.06. The molecular formula is C15H18ClN3. The van der Waals surface area contributed by atoms with Crippen LogP contribution in [-0.2, 0) is 6.42 Å². The van der Waals surface area contributed by atoms with Crippen molar-refractivity contribution in [1.29, 1.82) is 0 Å². The third-order valence-electron chi connectivity index (χ3n) is 2.99. The molecule has 1 aromatic carbocycles. The number of anilines is 1. The van der Waals surface area contributed by atoms with Crippen molar-refractivity contribution in [2.24, 2.45) is 0 Å². The number of rotatable bonds is 5. The van der Waals surface area contributed by atoms with Gasteiger partial charge < -0.3 is 11.1 Å². The zero-order valence-electron chi connectivity index (χ0n) is 10.9. The fourth-order valence-electron chi connectivity index (χ4n) is 2.13. The van der Waals surface area contributed by atoms with E-state index in [0.717, 1.165) is 18.0 Å². The largest absolute Gasteiger partial charge is 0.384 e. The second-order valence-corrected chi connectivity index (χ2v) is 4.89. The van der Waals surface area contributed by atoms with Gasteiger partial charge in [0.05, 0.1) is 0 Å². The third kappa shape index (κ3) is 3.94. The van der Waals surface area contributed by atoms with Gasteiger partial charge in [0.2, 0.25) is 0 Å². The van der Waals surface area contributed by atoms with Gasteiger partial charge in [-0.05, 0) is 48.4 Å². The van der Waals surface area contributed by atoms with Crippen molar-refractivity contribution in [3.63, 3.8) is 0 Å². The van der Waals surface area contributed by atoms with Crippen molar-refractivity contribution in [2.75, 3.05) is 12.3 Å². The number of hydrogen-bond acceptors (Lipinski definition) is 3. The molecular weight excluding hydrogens is 258 g/mol. The molecule has 100 valence electrons. The van der Waals surface area contributed by atoms with Crippen LogP contribution < -0.4 is 11.1 Å². The minimum atomic E-state index is 0.227.